The fourth-order valence-electron chi connectivity index (χ4n) is 5.80. The maximum absolute atomic E-state index is 2.38. The van der Waals surface area contributed by atoms with Crippen molar-refractivity contribution in [2.24, 2.45) is 0 Å². The Bertz CT molecular complexity index is 2140. The topological polar surface area (TPSA) is 3.24 Å². The average molecular weight is 549 g/mol. The van der Waals surface area contributed by atoms with E-state index in [1.54, 1.807) is 0 Å². The zero-order valence-corrected chi connectivity index (χ0v) is 22.3. The number of benzene rings is 7. The van der Waals surface area contributed by atoms with Crippen molar-refractivity contribution in [2.45, 2.75) is 0 Å². The average Bonchev–Trinajstić information content (AvgIpc) is 3.37. The first kappa shape index (κ1) is 21.7. The zero-order valence-electron chi connectivity index (χ0n) is 20.6. The van der Waals surface area contributed by atoms with E-state index in [2.05, 4.69) is 144 Å². The molecule has 1 nitrogen and oxygen atoms in total. The fraction of sp³-hybridized carbons (Fsp3) is 0. The molecule has 0 aliphatic carbocycles. The molecule has 0 saturated carbocycles. The molecule has 38 heavy (non-hydrogen) atoms. The molecule has 8 rings (SSSR count). The first-order valence-corrected chi connectivity index (χ1v) is 14.7. The molecule has 0 spiro atoms. The van der Waals surface area contributed by atoms with Crippen LogP contribution in [0.15, 0.2) is 140 Å². The van der Waals surface area contributed by atoms with Crippen LogP contribution in [0, 0.1) is 0 Å². The van der Waals surface area contributed by atoms with E-state index in [4.69, 9.17) is 0 Å². The molecule has 0 atom stereocenters. The van der Waals surface area contributed by atoms with Gasteiger partial charge in [0.2, 0.25) is 0 Å². The van der Waals surface area contributed by atoms with Gasteiger partial charge in [-0.3, -0.25) is 0 Å². The normalized spacial score (nSPS) is 11.7. The van der Waals surface area contributed by atoms with Crippen molar-refractivity contribution in [1.82, 2.24) is 0 Å². The quantitative estimate of drug-likeness (QED) is 0.157. The van der Waals surface area contributed by atoms with Crippen LogP contribution in [0.25, 0.3) is 51.6 Å². The van der Waals surface area contributed by atoms with Gasteiger partial charge in [0.25, 0.3) is 0 Å². The second-order valence-corrected chi connectivity index (χ2v) is 12.0. The molecule has 2 heteroatoms. The Kier molecular flexibility index (Phi) is 4.91. The minimum absolute atomic E-state index is 0.340. The molecule has 178 valence electrons. The predicted molar refractivity (Wildman–Crippen MR) is 166 cm³/mol. The van der Waals surface area contributed by atoms with Crippen molar-refractivity contribution in [1.29, 1.82) is 0 Å². The Hall–Kier alpha value is -4.36. The summed E-state index contributed by atoms with van der Waals surface area (Å²) in [6.07, 6.45) is 0. The SMILES string of the molecule is c1ccc(N(c2ccc3c(ccc4ccccc43)c2)c2ccc3c(ccc4c5ccccc5[se]c34)c2)cc1. The summed E-state index contributed by atoms with van der Waals surface area (Å²) in [6, 6.07) is 51.1. The molecule has 0 radical (unpaired) electrons. The predicted octanol–water partition coefficient (Wildman–Crippen LogP) is 9.98. The number of hydrogen-bond acceptors (Lipinski definition) is 1. The summed E-state index contributed by atoms with van der Waals surface area (Å²) >= 11 is 0.340. The van der Waals surface area contributed by atoms with E-state index in [0.29, 0.717) is 14.5 Å². The maximum atomic E-state index is 2.38. The second-order valence-electron chi connectivity index (χ2n) is 9.81. The van der Waals surface area contributed by atoms with Gasteiger partial charge in [-0.2, -0.15) is 0 Å². The summed E-state index contributed by atoms with van der Waals surface area (Å²) in [5.41, 5.74) is 3.49. The summed E-state index contributed by atoms with van der Waals surface area (Å²) < 4.78 is 2.99. The molecule has 0 amide bonds. The van der Waals surface area contributed by atoms with Crippen LogP contribution in [-0.4, -0.2) is 14.5 Å². The number of para-hydroxylation sites is 1. The van der Waals surface area contributed by atoms with E-state index in [-0.39, 0.29) is 0 Å². The van der Waals surface area contributed by atoms with Gasteiger partial charge in [-0.05, 0) is 0 Å². The van der Waals surface area contributed by atoms with Crippen LogP contribution in [-0.2, 0) is 0 Å². The molecule has 7 aromatic carbocycles. The van der Waals surface area contributed by atoms with E-state index in [9.17, 15) is 0 Å². The van der Waals surface area contributed by atoms with Gasteiger partial charge < -0.3 is 0 Å². The van der Waals surface area contributed by atoms with Gasteiger partial charge in [-0.25, -0.2) is 0 Å². The first-order valence-electron chi connectivity index (χ1n) is 12.9. The van der Waals surface area contributed by atoms with Crippen LogP contribution >= 0.6 is 0 Å². The van der Waals surface area contributed by atoms with Crippen LogP contribution in [0.5, 0.6) is 0 Å². The Balaban J connectivity index is 1.33. The van der Waals surface area contributed by atoms with Crippen molar-refractivity contribution < 1.29 is 0 Å². The van der Waals surface area contributed by atoms with Crippen LogP contribution in [0.4, 0.5) is 17.1 Å². The van der Waals surface area contributed by atoms with Crippen molar-refractivity contribution in [3.63, 3.8) is 0 Å². The van der Waals surface area contributed by atoms with Crippen LogP contribution in [0.3, 0.4) is 0 Å². The second kappa shape index (κ2) is 8.60. The van der Waals surface area contributed by atoms with Gasteiger partial charge in [0.1, 0.15) is 0 Å². The first-order chi connectivity index (χ1) is 18.8. The molecule has 0 aliphatic heterocycles. The third kappa shape index (κ3) is 3.39. The summed E-state index contributed by atoms with van der Waals surface area (Å²) in [6.45, 7) is 0. The Morgan fingerprint density at radius 3 is 1.79 bits per heavy atom. The summed E-state index contributed by atoms with van der Waals surface area (Å²) in [4.78, 5) is 2.38. The van der Waals surface area contributed by atoms with Gasteiger partial charge in [0.05, 0.1) is 0 Å². The van der Waals surface area contributed by atoms with Gasteiger partial charge >= 0.3 is 209 Å². The van der Waals surface area contributed by atoms with E-state index in [1.165, 1.54) is 57.3 Å². The van der Waals surface area contributed by atoms with Crippen molar-refractivity contribution >= 4 is 83.2 Å². The van der Waals surface area contributed by atoms with Crippen LogP contribution in [0.2, 0.25) is 0 Å². The summed E-state index contributed by atoms with van der Waals surface area (Å²) in [5, 5.41) is 10.6. The molecule has 0 saturated heterocycles. The third-order valence-electron chi connectivity index (χ3n) is 7.60. The van der Waals surface area contributed by atoms with E-state index < -0.39 is 0 Å². The van der Waals surface area contributed by atoms with E-state index in [1.807, 2.05) is 0 Å². The van der Waals surface area contributed by atoms with Crippen molar-refractivity contribution in [3.8, 4) is 0 Å². The molecular weight excluding hydrogens is 525 g/mol. The minimum atomic E-state index is 0.340. The van der Waals surface area contributed by atoms with Crippen LogP contribution in [0.1, 0.15) is 0 Å². The standard InChI is InChI=1S/C36H23NSe/c1-2-9-27(10-3-1)37(28-17-20-31-25(22-28)15-14-24-8-4-5-11-30(24)31)29-18-21-32-26(23-29)16-19-34-33-12-6-7-13-35(33)38-36(32)34/h1-23H. The monoisotopic (exact) mass is 549 g/mol. The number of hydrogen-bond donors (Lipinski definition) is 0. The molecule has 1 heterocycles. The summed E-state index contributed by atoms with van der Waals surface area (Å²) in [7, 11) is 0. The van der Waals surface area contributed by atoms with E-state index in [0.717, 1.165) is 11.4 Å². The van der Waals surface area contributed by atoms with Crippen molar-refractivity contribution in [3.05, 3.63) is 140 Å². The zero-order chi connectivity index (χ0) is 25.1. The van der Waals surface area contributed by atoms with Gasteiger partial charge in [-0.15, -0.1) is 0 Å². The Labute approximate surface area is 226 Å². The molecule has 0 unspecified atom stereocenters. The van der Waals surface area contributed by atoms with Crippen molar-refractivity contribution in [2.75, 3.05) is 4.90 Å². The van der Waals surface area contributed by atoms with E-state index >= 15 is 0 Å². The Morgan fingerprint density at radius 2 is 0.947 bits per heavy atom. The number of fused-ring (bicyclic) bond motifs is 8. The fourth-order valence-corrected chi connectivity index (χ4v) is 8.40. The number of anilines is 3. The molecule has 0 bridgehead atoms. The van der Waals surface area contributed by atoms with Gasteiger partial charge in [0.15, 0.2) is 0 Å². The Morgan fingerprint density at radius 1 is 0.368 bits per heavy atom. The molecule has 1 aromatic heterocycles. The molecule has 0 N–H and O–H groups in total. The van der Waals surface area contributed by atoms with Gasteiger partial charge in [0, 0.05) is 0 Å². The van der Waals surface area contributed by atoms with Gasteiger partial charge in [-0.1, -0.05) is 18.2 Å². The molecule has 0 aliphatic rings. The molecular formula is C36H23NSe. The number of nitrogens with zero attached hydrogens (tertiary/aromatic N) is 1. The summed E-state index contributed by atoms with van der Waals surface area (Å²) in [5.74, 6) is 0. The molecule has 0 fully saturated rings. The molecule has 8 aromatic rings. The van der Waals surface area contributed by atoms with Crippen LogP contribution < -0.4 is 4.90 Å². The number of rotatable bonds is 3. The third-order valence-corrected chi connectivity index (χ3v) is 10.2.